The van der Waals surface area contributed by atoms with Gasteiger partial charge >= 0.3 is 0 Å². The molecular weight excluding hydrogens is 262 g/mol. The first-order valence-corrected chi connectivity index (χ1v) is 8.39. The number of likely N-dealkylation sites (tertiary alicyclic amines) is 1. The molecule has 1 N–H and O–H groups in total. The molecule has 0 bridgehead atoms. The molecule has 1 saturated carbocycles. The molecule has 21 heavy (non-hydrogen) atoms. The quantitative estimate of drug-likeness (QED) is 0.929. The number of aryl methyl sites for hydroxylation is 1. The highest BCUT2D eigenvalue weighted by Crippen LogP contribution is 2.31. The smallest absolute Gasteiger partial charge is 0.131 e. The van der Waals surface area contributed by atoms with E-state index >= 15 is 0 Å². The molecule has 1 aliphatic heterocycles. The molecule has 1 aromatic rings. The van der Waals surface area contributed by atoms with Crippen LogP contribution >= 0.6 is 0 Å². The van der Waals surface area contributed by atoms with E-state index in [9.17, 15) is 5.11 Å². The molecule has 0 aromatic carbocycles. The van der Waals surface area contributed by atoms with Crippen molar-refractivity contribution in [2.75, 3.05) is 19.6 Å². The van der Waals surface area contributed by atoms with Gasteiger partial charge in [0.25, 0.3) is 0 Å². The van der Waals surface area contributed by atoms with Crippen molar-refractivity contribution >= 4 is 0 Å². The summed E-state index contributed by atoms with van der Waals surface area (Å²) in [5.74, 6) is 1.49. The van der Waals surface area contributed by atoms with Crippen molar-refractivity contribution in [3.05, 3.63) is 23.8 Å². The van der Waals surface area contributed by atoms with E-state index in [-0.39, 0.29) is 0 Å². The van der Waals surface area contributed by atoms with Crippen LogP contribution < -0.4 is 0 Å². The number of piperidine rings is 1. The lowest BCUT2D eigenvalue weighted by atomic mass is 9.84. The summed E-state index contributed by atoms with van der Waals surface area (Å²) in [4.78, 5) is 11.5. The van der Waals surface area contributed by atoms with Gasteiger partial charge in [-0.25, -0.2) is 9.97 Å². The number of aliphatic hydroxyl groups is 1. The Morgan fingerprint density at radius 2 is 1.95 bits per heavy atom. The van der Waals surface area contributed by atoms with Gasteiger partial charge in [-0.15, -0.1) is 0 Å². The van der Waals surface area contributed by atoms with Crippen LogP contribution in [0.2, 0.25) is 0 Å². The maximum absolute atomic E-state index is 10.7. The zero-order valence-corrected chi connectivity index (χ0v) is 13.1. The third-order valence-electron chi connectivity index (χ3n) is 5.07. The summed E-state index contributed by atoms with van der Waals surface area (Å²) < 4.78 is 0. The molecule has 3 rings (SSSR count). The fourth-order valence-corrected chi connectivity index (χ4v) is 3.80. The molecule has 0 unspecified atom stereocenters. The minimum absolute atomic E-state index is 0.426. The molecule has 4 heteroatoms. The van der Waals surface area contributed by atoms with E-state index in [1.165, 1.54) is 19.3 Å². The topological polar surface area (TPSA) is 49.2 Å². The highest BCUT2D eigenvalue weighted by molar-refractivity contribution is 5.05. The molecule has 0 atom stereocenters. The van der Waals surface area contributed by atoms with E-state index in [4.69, 9.17) is 0 Å². The lowest BCUT2D eigenvalue weighted by Crippen LogP contribution is -2.47. The fraction of sp³-hybridized carbons (Fsp3) is 0.765. The minimum atomic E-state index is -0.426. The van der Waals surface area contributed by atoms with Crippen molar-refractivity contribution < 1.29 is 5.11 Å². The summed E-state index contributed by atoms with van der Waals surface area (Å²) in [5.41, 5.74) is 0.629. The van der Waals surface area contributed by atoms with Crippen LogP contribution in [0.15, 0.2) is 12.3 Å². The molecule has 116 valence electrons. The van der Waals surface area contributed by atoms with Gasteiger partial charge in [0.05, 0.1) is 5.60 Å². The Labute approximate surface area is 127 Å². The van der Waals surface area contributed by atoms with Gasteiger partial charge in [0.2, 0.25) is 0 Å². The van der Waals surface area contributed by atoms with E-state index in [1.54, 1.807) is 0 Å². The van der Waals surface area contributed by atoms with Gasteiger partial charge in [-0.2, -0.15) is 0 Å². The Bertz CT molecular complexity index is 463. The molecule has 1 aromatic heterocycles. The molecule has 2 aliphatic rings. The number of hydrogen-bond donors (Lipinski definition) is 1. The van der Waals surface area contributed by atoms with Gasteiger partial charge in [0.15, 0.2) is 0 Å². The third-order valence-corrected chi connectivity index (χ3v) is 5.07. The second-order valence-electron chi connectivity index (χ2n) is 6.89. The normalized spacial score (nSPS) is 24.1. The maximum atomic E-state index is 10.7. The SMILES string of the molecule is Cc1ccnc(C2CCN(CC3(O)CCCCC3)CC2)n1. The zero-order chi connectivity index (χ0) is 14.7. The van der Waals surface area contributed by atoms with Crippen LogP contribution in [-0.4, -0.2) is 45.2 Å². The summed E-state index contributed by atoms with van der Waals surface area (Å²) in [6.45, 7) is 5.00. The molecule has 4 nitrogen and oxygen atoms in total. The van der Waals surface area contributed by atoms with Gasteiger partial charge in [-0.1, -0.05) is 19.3 Å². The summed E-state index contributed by atoms with van der Waals surface area (Å²) in [6, 6.07) is 1.96. The highest BCUT2D eigenvalue weighted by Gasteiger charge is 2.33. The molecule has 0 spiro atoms. The van der Waals surface area contributed by atoms with Crippen molar-refractivity contribution in [3.63, 3.8) is 0 Å². The molecule has 0 amide bonds. The van der Waals surface area contributed by atoms with Gasteiger partial charge in [-0.3, -0.25) is 0 Å². The van der Waals surface area contributed by atoms with E-state index in [0.29, 0.717) is 5.92 Å². The van der Waals surface area contributed by atoms with Gasteiger partial charge < -0.3 is 10.0 Å². The predicted octanol–water partition coefficient (Wildman–Crippen LogP) is 2.66. The summed E-state index contributed by atoms with van der Waals surface area (Å²) in [6.07, 6.45) is 9.71. The van der Waals surface area contributed by atoms with Crippen molar-refractivity contribution in [2.45, 2.75) is 63.4 Å². The lowest BCUT2D eigenvalue weighted by molar-refractivity contribution is -0.0308. The van der Waals surface area contributed by atoms with Crippen LogP contribution in [0.5, 0.6) is 0 Å². The van der Waals surface area contributed by atoms with Crippen molar-refractivity contribution in [1.29, 1.82) is 0 Å². The summed E-state index contributed by atoms with van der Waals surface area (Å²) >= 11 is 0. The highest BCUT2D eigenvalue weighted by atomic mass is 16.3. The number of rotatable bonds is 3. The standard InChI is InChI=1S/C17H27N3O/c1-14-5-10-18-16(19-14)15-6-11-20(12-7-15)13-17(21)8-3-2-4-9-17/h5,10,15,21H,2-4,6-9,11-13H2,1H3. The van der Waals surface area contributed by atoms with E-state index in [0.717, 1.165) is 56.8 Å². The van der Waals surface area contributed by atoms with Crippen molar-refractivity contribution in [1.82, 2.24) is 14.9 Å². The van der Waals surface area contributed by atoms with Crippen LogP contribution in [0.25, 0.3) is 0 Å². The average molecular weight is 289 g/mol. The number of β-amino-alcohol motifs (C(OH)–C–C–N with tert-alkyl or cyclic N) is 1. The van der Waals surface area contributed by atoms with E-state index in [2.05, 4.69) is 14.9 Å². The Kier molecular flexibility index (Phi) is 4.55. The second-order valence-corrected chi connectivity index (χ2v) is 6.89. The fourth-order valence-electron chi connectivity index (χ4n) is 3.80. The lowest BCUT2D eigenvalue weighted by Gasteiger charge is -2.39. The Morgan fingerprint density at radius 3 is 2.62 bits per heavy atom. The van der Waals surface area contributed by atoms with Crippen molar-refractivity contribution in [2.24, 2.45) is 0 Å². The molecule has 1 aliphatic carbocycles. The van der Waals surface area contributed by atoms with Gasteiger partial charge in [0.1, 0.15) is 5.82 Å². The average Bonchev–Trinajstić information content (AvgIpc) is 2.48. The Hall–Kier alpha value is -1.00. The monoisotopic (exact) mass is 289 g/mol. The molecule has 2 heterocycles. The number of hydrogen-bond acceptors (Lipinski definition) is 4. The maximum Gasteiger partial charge on any atom is 0.131 e. The first kappa shape index (κ1) is 14.9. The van der Waals surface area contributed by atoms with Gasteiger partial charge in [-0.05, 0) is 51.8 Å². The zero-order valence-electron chi connectivity index (χ0n) is 13.1. The number of aromatic nitrogens is 2. The van der Waals surface area contributed by atoms with Crippen LogP contribution in [0.3, 0.4) is 0 Å². The largest absolute Gasteiger partial charge is 0.389 e. The van der Waals surface area contributed by atoms with E-state index in [1.807, 2.05) is 19.2 Å². The summed E-state index contributed by atoms with van der Waals surface area (Å²) in [5, 5.41) is 10.7. The predicted molar refractivity (Wildman–Crippen MR) is 83.2 cm³/mol. The van der Waals surface area contributed by atoms with Crippen molar-refractivity contribution in [3.8, 4) is 0 Å². The first-order chi connectivity index (χ1) is 10.1. The molecule has 0 radical (unpaired) electrons. The van der Waals surface area contributed by atoms with Crippen LogP contribution in [0.1, 0.15) is 62.4 Å². The Balaban J connectivity index is 1.53. The molecule has 1 saturated heterocycles. The third kappa shape index (κ3) is 3.80. The summed E-state index contributed by atoms with van der Waals surface area (Å²) in [7, 11) is 0. The van der Waals surface area contributed by atoms with E-state index < -0.39 is 5.60 Å². The Morgan fingerprint density at radius 1 is 1.24 bits per heavy atom. The van der Waals surface area contributed by atoms with Crippen LogP contribution in [0, 0.1) is 6.92 Å². The van der Waals surface area contributed by atoms with Crippen LogP contribution in [0.4, 0.5) is 0 Å². The first-order valence-electron chi connectivity index (χ1n) is 8.39. The van der Waals surface area contributed by atoms with Gasteiger partial charge in [0, 0.05) is 24.4 Å². The number of nitrogens with zero attached hydrogens (tertiary/aromatic N) is 3. The van der Waals surface area contributed by atoms with Crippen LogP contribution in [-0.2, 0) is 0 Å². The minimum Gasteiger partial charge on any atom is -0.389 e. The molecule has 2 fully saturated rings. The second kappa shape index (κ2) is 6.41. The molecular formula is C17H27N3O.